The Morgan fingerprint density at radius 1 is 1.40 bits per heavy atom. The first-order chi connectivity index (χ1) is 9.29. The Morgan fingerprint density at radius 3 is 2.50 bits per heavy atom. The molecule has 20 heavy (non-hydrogen) atoms. The number of hydrogen-bond acceptors (Lipinski definition) is 3. The highest BCUT2D eigenvalue weighted by atomic mass is 16.4. The number of nitrogens with one attached hydrogen (secondary N) is 1. The lowest BCUT2D eigenvalue weighted by atomic mass is 10.0. The van der Waals surface area contributed by atoms with Gasteiger partial charge in [-0.05, 0) is 25.0 Å². The summed E-state index contributed by atoms with van der Waals surface area (Å²) in [5, 5.41) is 11.6. The number of carboxylic acids is 1. The van der Waals surface area contributed by atoms with Crippen LogP contribution < -0.4 is 5.32 Å². The summed E-state index contributed by atoms with van der Waals surface area (Å²) in [5.41, 5.74) is 0. The van der Waals surface area contributed by atoms with Crippen molar-refractivity contribution in [3.8, 4) is 0 Å². The van der Waals surface area contributed by atoms with Gasteiger partial charge < -0.3 is 19.7 Å². The van der Waals surface area contributed by atoms with E-state index < -0.39 is 5.97 Å². The molecule has 6 heteroatoms. The van der Waals surface area contributed by atoms with E-state index in [1.54, 1.807) is 7.05 Å². The number of aryl methyl sites for hydroxylation is 1. The second kappa shape index (κ2) is 6.98. The van der Waals surface area contributed by atoms with Crippen molar-refractivity contribution in [2.24, 2.45) is 5.92 Å². The van der Waals surface area contributed by atoms with Crippen molar-refractivity contribution >= 4 is 12.0 Å². The van der Waals surface area contributed by atoms with Crippen molar-refractivity contribution in [1.82, 2.24) is 10.2 Å². The molecular weight excluding hydrogens is 260 g/mol. The lowest BCUT2D eigenvalue weighted by Crippen LogP contribution is -2.45. The van der Waals surface area contributed by atoms with Gasteiger partial charge in [0.15, 0.2) is 0 Å². The standard InChI is InChI=1S/C14H22N2O4/c1-9(2)12(7-13(17)18)15-14(19)16(4)8-11-6-5-10(3)20-11/h5-6,9,12H,7-8H2,1-4H3,(H,15,19)(H,17,18). The van der Waals surface area contributed by atoms with Crippen LogP contribution in [0.5, 0.6) is 0 Å². The fourth-order valence-corrected chi connectivity index (χ4v) is 1.79. The Labute approximate surface area is 118 Å². The molecule has 1 rings (SSSR count). The van der Waals surface area contributed by atoms with Crippen LogP contribution in [0.15, 0.2) is 16.5 Å². The molecule has 1 atom stereocenters. The predicted molar refractivity (Wildman–Crippen MR) is 74.3 cm³/mol. The highest BCUT2D eigenvalue weighted by Gasteiger charge is 2.21. The molecule has 0 aromatic carbocycles. The molecule has 0 spiro atoms. The van der Waals surface area contributed by atoms with Gasteiger partial charge in [-0.1, -0.05) is 13.8 Å². The number of rotatable bonds is 6. The summed E-state index contributed by atoms with van der Waals surface area (Å²) in [4.78, 5) is 24.3. The van der Waals surface area contributed by atoms with Gasteiger partial charge in [-0.3, -0.25) is 4.79 Å². The molecule has 1 aromatic rings. The van der Waals surface area contributed by atoms with Crippen molar-refractivity contribution in [3.05, 3.63) is 23.7 Å². The number of carbonyl (C=O) groups is 2. The molecule has 1 aromatic heterocycles. The Hall–Kier alpha value is -1.98. The Bertz CT molecular complexity index is 467. The summed E-state index contributed by atoms with van der Waals surface area (Å²) in [7, 11) is 1.64. The first-order valence-corrected chi connectivity index (χ1v) is 6.58. The van der Waals surface area contributed by atoms with Crippen LogP contribution in [0.2, 0.25) is 0 Å². The van der Waals surface area contributed by atoms with Crippen LogP contribution >= 0.6 is 0 Å². The van der Waals surface area contributed by atoms with Gasteiger partial charge >= 0.3 is 12.0 Å². The number of aliphatic carboxylic acids is 1. The van der Waals surface area contributed by atoms with Crippen LogP contribution in [0.25, 0.3) is 0 Å². The van der Waals surface area contributed by atoms with Crippen molar-refractivity contribution < 1.29 is 19.1 Å². The Balaban J connectivity index is 2.57. The second-order valence-corrected chi connectivity index (χ2v) is 5.27. The first-order valence-electron chi connectivity index (χ1n) is 6.58. The van der Waals surface area contributed by atoms with Gasteiger partial charge in [0.05, 0.1) is 13.0 Å². The van der Waals surface area contributed by atoms with Gasteiger partial charge in [0.25, 0.3) is 0 Å². The SMILES string of the molecule is Cc1ccc(CN(C)C(=O)NC(CC(=O)O)C(C)C)o1. The van der Waals surface area contributed by atoms with E-state index >= 15 is 0 Å². The van der Waals surface area contributed by atoms with E-state index in [0.717, 1.165) is 5.76 Å². The van der Waals surface area contributed by atoms with Gasteiger partial charge in [-0.2, -0.15) is 0 Å². The summed E-state index contributed by atoms with van der Waals surface area (Å²) in [6, 6.07) is 2.96. The van der Waals surface area contributed by atoms with Gasteiger partial charge in [0, 0.05) is 13.1 Å². The molecule has 0 saturated carbocycles. The molecule has 0 aliphatic heterocycles. The predicted octanol–water partition coefficient (Wildman–Crippen LogP) is 2.23. The zero-order valence-corrected chi connectivity index (χ0v) is 12.3. The van der Waals surface area contributed by atoms with Crippen LogP contribution in [0.3, 0.4) is 0 Å². The monoisotopic (exact) mass is 282 g/mol. The number of hydrogen-bond donors (Lipinski definition) is 2. The molecule has 2 N–H and O–H groups in total. The largest absolute Gasteiger partial charge is 0.481 e. The number of furan rings is 1. The van der Waals surface area contributed by atoms with Gasteiger partial charge in [0.2, 0.25) is 0 Å². The molecule has 112 valence electrons. The lowest BCUT2D eigenvalue weighted by Gasteiger charge is -2.24. The van der Waals surface area contributed by atoms with E-state index in [9.17, 15) is 9.59 Å². The minimum absolute atomic E-state index is 0.0503. The molecule has 1 unspecified atom stereocenters. The van der Waals surface area contributed by atoms with Gasteiger partial charge in [0.1, 0.15) is 11.5 Å². The highest BCUT2D eigenvalue weighted by molar-refractivity contribution is 5.75. The molecule has 2 amide bonds. The molecule has 0 fully saturated rings. The van der Waals surface area contributed by atoms with Crippen LogP contribution in [-0.2, 0) is 11.3 Å². The number of carboxylic acid groups (broad SMARTS) is 1. The summed E-state index contributed by atoms with van der Waals surface area (Å²) in [5.74, 6) is 0.613. The lowest BCUT2D eigenvalue weighted by molar-refractivity contribution is -0.137. The van der Waals surface area contributed by atoms with E-state index in [4.69, 9.17) is 9.52 Å². The maximum absolute atomic E-state index is 12.0. The maximum atomic E-state index is 12.0. The molecule has 0 radical (unpaired) electrons. The number of nitrogens with zero attached hydrogens (tertiary/aromatic N) is 1. The third-order valence-electron chi connectivity index (χ3n) is 3.04. The third-order valence-corrected chi connectivity index (χ3v) is 3.04. The van der Waals surface area contributed by atoms with Crippen LogP contribution in [0, 0.1) is 12.8 Å². The second-order valence-electron chi connectivity index (χ2n) is 5.27. The minimum Gasteiger partial charge on any atom is -0.481 e. The quantitative estimate of drug-likeness (QED) is 0.838. The van der Waals surface area contributed by atoms with E-state index in [-0.39, 0.29) is 24.4 Å². The maximum Gasteiger partial charge on any atom is 0.317 e. The molecule has 1 heterocycles. The van der Waals surface area contributed by atoms with E-state index in [1.165, 1.54) is 4.90 Å². The smallest absolute Gasteiger partial charge is 0.317 e. The molecule has 0 bridgehead atoms. The summed E-state index contributed by atoms with van der Waals surface area (Å²) in [6.07, 6.45) is -0.0862. The average Bonchev–Trinajstić information content (AvgIpc) is 2.72. The number of carbonyl (C=O) groups excluding carboxylic acids is 1. The van der Waals surface area contributed by atoms with Crippen molar-refractivity contribution in [3.63, 3.8) is 0 Å². The highest BCUT2D eigenvalue weighted by Crippen LogP contribution is 2.10. The summed E-state index contributed by atoms with van der Waals surface area (Å²) < 4.78 is 5.41. The summed E-state index contributed by atoms with van der Waals surface area (Å²) in [6.45, 7) is 5.94. The Kier molecular flexibility index (Phi) is 5.61. The fraction of sp³-hybridized carbons (Fsp3) is 0.571. The zero-order chi connectivity index (χ0) is 15.3. The molecule has 0 aliphatic carbocycles. The van der Waals surface area contributed by atoms with Gasteiger partial charge in [-0.25, -0.2) is 4.79 Å². The van der Waals surface area contributed by atoms with Crippen molar-refractivity contribution in [2.75, 3.05) is 7.05 Å². The Morgan fingerprint density at radius 2 is 2.05 bits per heavy atom. The van der Waals surface area contributed by atoms with Crippen LogP contribution in [-0.4, -0.2) is 35.1 Å². The summed E-state index contributed by atoms with van der Waals surface area (Å²) >= 11 is 0. The average molecular weight is 282 g/mol. The van der Waals surface area contributed by atoms with Crippen molar-refractivity contribution in [2.45, 2.75) is 39.8 Å². The number of urea groups is 1. The third kappa shape index (κ3) is 4.95. The molecule has 0 aliphatic rings. The zero-order valence-electron chi connectivity index (χ0n) is 12.3. The molecule has 0 saturated heterocycles. The van der Waals surface area contributed by atoms with E-state index in [1.807, 2.05) is 32.9 Å². The van der Waals surface area contributed by atoms with Crippen LogP contribution in [0.4, 0.5) is 4.79 Å². The molecule has 6 nitrogen and oxygen atoms in total. The van der Waals surface area contributed by atoms with Crippen LogP contribution in [0.1, 0.15) is 31.8 Å². The number of amides is 2. The van der Waals surface area contributed by atoms with Crippen molar-refractivity contribution in [1.29, 1.82) is 0 Å². The van der Waals surface area contributed by atoms with E-state index in [2.05, 4.69) is 5.32 Å². The molecular formula is C14H22N2O4. The first kappa shape index (κ1) is 16.1. The topological polar surface area (TPSA) is 82.8 Å². The fourth-order valence-electron chi connectivity index (χ4n) is 1.79. The van der Waals surface area contributed by atoms with E-state index in [0.29, 0.717) is 12.3 Å². The minimum atomic E-state index is -0.923. The van der Waals surface area contributed by atoms with Gasteiger partial charge in [-0.15, -0.1) is 0 Å². The normalized spacial score (nSPS) is 12.2.